The molecule has 0 unspecified atom stereocenters. The van der Waals surface area contributed by atoms with Gasteiger partial charge in [0.2, 0.25) is 0 Å². The number of rotatable bonds is 7. The van der Waals surface area contributed by atoms with E-state index >= 15 is 0 Å². The normalized spacial score (nSPS) is 14.7. The van der Waals surface area contributed by atoms with Gasteiger partial charge in [-0.3, -0.25) is 0 Å². The van der Waals surface area contributed by atoms with E-state index in [1.165, 1.54) is 0 Å². The molecule has 0 amide bonds. The molecule has 0 bridgehead atoms. The quantitative estimate of drug-likeness (QED) is 0.455. The molecule has 3 aromatic heterocycles. The van der Waals surface area contributed by atoms with E-state index in [9.17, 15) is 0 Å². The first-order valence-corrected chi connectivity index (χ1v) is 11.0. The molecule has 1 aliphatic rings. The van der Waals surface area contributed by atoms with Gasteiger partial charge in [-0.2, -0.15) is 10.1 Å². The molecule has 1 fully saturated rings. The molecule has 2 N–H and O–H groups in total. The number of nitrogens with zero attached hydrogens (tertiary/aromatic N) is 5. The van der Waals surface area contributed by atoms with Gasteiger partial charge in [0.05, 0.1) is 22.8 Å². The van der Waals surface area contributed by atoms with Gasteiger partial charge in [-0.1, -0.05) is 17.3 Å². The third-order valence-electron chi connectivity index (χ3n) is 5.81. The maximum Gasteiger partial charge on any atom is 0.261 e. The van der Waals surface area contributed by atoms with Crippen LogP contribution < -0.4 is 10.6 Å². The van der Waals surface area contributed by atoms with Crippen LogP contribution in [0.4, 0.5) is 11.4 Å². The fraction of sp³-hybridized carbons (Fsp3) is 0.391. The van der Waals surface area contributed by atoms with E-state index in [4.69, 9.17) is 9.26 Å². The first-order chi connectivity index (χ1) is 15.7. The van der Waals surface area contributed by atoms with Crippen LogP contribution in [-0.4, -0.2) is 51.2 Å². The number of ether oxygens (including phenoxy) is 1. The minimum atomic E-state index is 0.310. The lowest BCUT2D eigenvalue weighted by Gasteiger charge is -2.25. The van der Waals surface area contributed by atoms with E-state index in [0.29, 0.717) is 24.2 Å². The Morgan fingerprint density at radius 3 is 2.88 bits per heavy atom. The number of hydrogen-bond acceptors (Lipinski definition) is 8. The van der Waals surface area contributed by atoms with Gasteiger partial charge in [0.25, 0.3) is 5.89 Å². The Hall–Kier alpha value is -3.46. The number of benzene rings is 1. The Balaban J connectivity index is 1.49. The van der Waals surface area contributed by atoms with Crippen molar-refractivity contribution in [1.82, 2.24) is 24.9 Å². The standard InChI is InChI=1S/C23H27N7O2/c1-3-30-22-18(14-26-30)21(27-16-7-9-31-10-8-16)19(13-25-22)23-28-20(29-32-23)12-15-5-4-6-17(11-15)24-2/h4-6,11,13-14,16,24H,3,7-10,12H2,1-2H3,(H,25,27). The number of aromatic nitrogens is 5. The topological polar surface area (TPSA) is 103 Å². The van der Waals surface area contributed by atoms with Crippen LogP contribution >= 0.6 is 0 Å². The monoisotopic (exact) mass is 433 g/mol. The fourth-order valence-corrected chi connectivity index (χ4v) is 4.08. The van der Waals surface area contributed by atoms with Crippen molar-refractivity contribution in [2.75, 3.05) is 30.9 Å². The average Bonchev–Trinajstić information content (AvgIpc) is 3.47. The highest BCUT2D eigenvalue weighted by Crippen LogP contribution is 2.34. The summed E-state index contributed by atoms with van der Waals surface area (Å²) in [6, 6.07) is 8.49. The van der Waals surface area contributed by atoms with Crippen molar-refractivity contribution >= 4 is 22.4 Å². The third-order valence-corrected chi connectivity index (χ3v) is 5.81. The highest BCUT2D eigenvalue weighted by Gasteiger charge is 2.22. The summed E-state index contributed by atoms with van der Waals surface area (Å²) < 4.78 is 13.1. The highest BCUT2D eigenvalue weighted by molar-refractivity contribution is 5.96. The smallest absolute Gasteiger partial charge is 0.261 e. The molecular weight excluding hydrogens is 406 g/mol. The van der Waals surface area contributed by atoms with Gasteiger partial charge in [0.15, 0.2) is 11.5 Å². The number of aryl methyl sites for hydroxylation is 1. The van der Waals surface area contributed by atoms with Crippen LogP contribution in [0.2, 0.25) is 0 Å². The second-order valence-electron chi connectivity index (χ2n) is 7.92. The van der Waals surface area contributed by atoms with Crippen LogP contribution in [0.3, 0.4) is 0 Å². The molecule has 166 valence electrons. The zero-order chi connectivity index (χ0) is 21.9. The van der Waals surface area contributed by atoms with Crippen LogP contribution in [-0.2, 0) is 17.7 Å². The Bertz CT molecular complexity index is 1210. The summed E-state index contributed by atoms with van der Waals surface area (Å²) in [6.45, 7) is 4.32. The minimum absolute atomic E-state index is 0.310. The van der Waals surface area contributed by atoms with Gasteiger partial charge in [-0.15, -0.1) is 0 Å². The van der Waals surface area contributed by atoms with Gasteiger partial charge in [-0.25, -0.2) is 9.67 Å². The van der Waals surface area contributed by atoms with E-state index < -0.39 is 0 Å². The Kier molecular flexibility index (Phi) is 5.72. The predicted molar refractivity (Wildman–Crippen MR) is 123 cm³/mol. The molecule has 9 nitrogen and oxygen atoms in total. The molecule has 0 saturated carbocycles. The van der Waals surface area contributed by atoms with Crippen molar-refractivity contribution in [1.29, 1.82) is 0 Å². The summed E-state index contributed by atoms with van der Waals surface area (Å²) in [5.74, 6) is 1.09. The number of anilines is 2. The number of hydrogen-bond donors (Lipinski definition) is 2. The molecule has 1 aromatic carbocycles. The van der Waals surface area contributed by atoms with Gasteiger partial charge in [-0.05, 0) is 37.5 Å². The van der Waals surface area contributed by atoms with E-state index in [-0.39, 0.29) is 0 Å². The van der Waals surface area contributed by atoms with E-state index in [1.807, 2.05) is 30.1 Å². The number of nitrogens with one attached hydrogen (secondary N) is 2. The molecule has 0 atom stereocenters. The lowest BCUT2D eigenvalue weighted by atomic mass is 10.1. The van der Waals surface area contributed by atoms with Crippen molar-refractivity contribution in [2.24, 2.45) is 0 Å². The second kappa shape index (κ2) is 8.96. The first-order valence-electron chi connectivity index (χ1n) is 11.0. The summed E-state index contributed by atoms with van der Waals surface area (Å²) in [7, 11) is 1.91. The fourth-order valence-electron chi connectivity index (χ4n) is 4.08. The van der Waals surface area contributed by atoms with Crippen LogP contribution in [0.1, 0.15) is 31.2 Å². The first kappa shape index (κ1) is 20.4. The summed E-state index contributed by atoms with van der Waals surface area (Å²) in [6.07, 6.45) is 6.14. The average molecular weight is 434 g/mol. The predicted octanol–water partition coefficient (Wildman–Crippen LogP) is 3.72. The molecule has 4 heterocycles. The largest absolute Gasteiger partial charge is 0.388 e. The van der Waals surface area contributed by atoms with Crippen molar-refractivity contribution in [3.63, 3.8) is 0 Å². The van der Waals surface area contributed by atoms with Crippen LogP contribution in [0.15, 0.2) is 41.2 Å². The molecular formula is C23H27N7O2. The molecule has 1 aliphatic heterocycles. The van der Waals surface area contributed by atoms with E-state index in [1.54, 1.807) is 6.20 Å². The minimum Gasteiger partial charge on any atom is -0.388 e. The summed E-state index contributed by atoms with van der Waals surface area (Å²) in [5, 5.41) is 16.5. The molecule has 0 aliphatic carbocycles. The Labute approximate surface area is 186 Å². The van der Waals surface area contributed by atoms with Crippen molar-refractivity contribution in [2.45, 2.75) is 38.8 Å². The molecule has 1 saturated heterocycles. The van der Waals surface area contributed by atoms with Crippen molar-refractivity contribution < 1.29 is 9.26 Å². The second-order valence-corrected chi connectivity index (χ2v) is 7.92. The SMILES string of the molecule is CCn1ncc2c(NC3CCOCC3)c(-c3nc(Cc4cccc(NC)c4)no3)cnc21. The summed E-state index contributed by atoms with van der Waals surface area (Å²) >= 11 is 0. The lowest BCUT2D eigenvalue weighted by molar-refractivity contribution is 0.0905. The van der Waals surface area contributed by atoms with Crippen LogP contribution in [0.5, 0.6) is 0 Å². The van der Waals surface area contributed by atoms with E-state index in [2.05, 4.69) is 49.9 Å². The third kappa shape index (κ3) is 4.03. The molecule has 32 heavy (non-hydrogen) atoms. The zero-order valence-corrected chi connectivity index (χ0v) is 18.3. The van der Waals surface area contributed by atoms with Gasteiger partial charge >= 0.3 is 0 Å². The maximum absolute atomic E-state index is 5.68. The molecule has 0 radical (unpaired) electrons. The van der Waals surface area contributed by atoms with E-state index in [0.717, 1.165) is 66.1 Å². The lowest BCUT2D eigenvalue weighted by Crippen LogP contribution is -2.28. The number of fused-ring (bicyclic) bond motifs is 1. The van der Waals surface area contributed by atoms with Gasteiger partial charge in [0.1, 0.15) is 0 Å². The summed E-state index contributed by atoms with van der Waals surface area (Å²) in [5.41, 5.74) is 4.74. The van der Waals surface area contributed by atoms with Crippen LogP contribution in [0.25, 0.3) is 22.5 Å². The summed E-state index contributed by atoms with van der Waals surface area (Å²) in [4.78, 5) is 9.35. The Morgan fingerprint density at radius 2 is 2.06 bits per heavy atom. The maximum atomic E-state index is 5.68. The molecule has 5 rings (SSSR count). The van der Waals surface area contributed by atoms with Crippen molar-refractivity contribution in [3.05, 3.63) is 48.0 Å². The Morgan fingerprint density at radius 1 is 1.19 bits per heavy atom. The van der Waals surface area contributed by atoms with Crippen molar-refractivity contribution in [3.8, 4) is 11.5 Å². The highest BCUT2D eigenvalue weighted by atomic mass is 16.5. The molecule has 9 heteroatoms. The van der Waals surface area contributed by atoms with Gasteiger partial charge in [0, 0.05) is 51.2 Å². The number of pyridine rings is 1. The van der Waals surface area contributed by atoms with Gasteiger partial charge < -0.3 is 19.9 Å². The zero-order valence-electron chi connectivity index (χ0n) is 18.3. The molecule has 0 spiro atoms. The van der Waals surface area contributed by atoms with Crippen LogP contribution in [0, 0.1) is 0 Å². The molecule has 4 aromatic rings.